The summed E-state index contributed by atoms with van der Waals surface area (Å²) in [5.41, 5.74) is 0. The van der Waals surface area contributed by atoms with Crippen LogP contribution in [0.15, 0.2) is 54.6 Å². The Morgan fingerprint density at radius 1 is 1.04 bits per heavy atom. The molecule has 1 aliphatic heterocycles. The molecule has 0 bridgehead atoms. The predicted molar refractivity (Wildman–Crippen MR) is 90.4 cm³/mol. The first-order chi connectivity index (χ1) is 11.8. The highest BCUT2D eigenvalue weighted by atomic mass is 16.5. The predicted octanol–water partition coefficient (Wildman–Crippen LogP) is 3.15. The van der Waals surface area contributed by atoms with Gasteiger partial charge in [-0.3, -0.25) is 4.79 Å². The van der Waals surface area contributed by atoms with Gasteiger partial charge in [-0.15, -0.1) is 0 Å². The number of amides is 1. The zero-order chi connectivity index (χ0) is 16.6. The number of carbonyl (C=O) groups is 1. The summed E-state index contributed by atoms with van der Waals surface area (Å²) in [6.07, 6.45) is 2.21. The molecule has 1 aliphatic rings. The molecule has 2 aromatic carbocycles. The molecule has 0 spiro atoms. The van der Waals surface area contributed by atoms with E-state index in [-0.39, 0.29) is 18.6 Å². The third-order valence-electron chi connectivity index (χ3n) is 3.72. The van der Waals surface area contributed by atoms with Crippen molar-refractivity contribution in [1.82, 2.24) is 5.32 Å². The van der Waals surface area contributed by atoms with Crippen LogP contribution in [0.5, 0.6) is 17.2 Å². The topological polar surface area (TPSA) is 56.8 Å². The van der Waals surface area contributed by atoms with Gasteiger partial charge in [0.15, 0.2) is 6.61 Å². The van der Waals surface area contributed by atoms with E-state index in [1.54, 1.807) is 12.1 Å². The molecule has 2 aromatic rings. The molecule has 1 heterocycles. The summed E-state index contributed by atoms with van der Waals surface area (Å²) in [7, 11) is 0. The molecule has 0 unspecified atom stereocenters. The van der Waals surface area contributed by atoms with Gasteiger partial charge in [0.2, 0.25) is 0 Å². The Hall–Kier alpha value is -2.53. The van der Waals surface area contributed by atoms with Crippen LogP contribution in [0.4, 0.5) is 0 Å². The standard InChI is InChI=1S/C19H21NO4/c21-19(20-13-18-7-4-12-22-18)14-23-15-8-10-17(11-9-15)24-16-5-2-1-3-6-16/h1-3,5-6,8-11,18H,4,7,12-14H2,(H,20,21)/t18-/m1/s1. The van der Waals surface area contributed by atoms with E-state index in [9.17, 15) is 4.79 Å². The van der Waals surface area contributed by atoms with Gasteiger partial charge >= 0.3 is 0 Å². The van der Waals surface area contributed by atoms with E-state index in [1.807, 2.05) is 42.5 Å². The van der Waals surface area contributed by atoms with Crippen LogP contribution in [0.25, 0.3) is 0 Å². The van der Waals surface area contributed by atoms with Crippen LogP contribution >= 0.6 is 0 Å². The summed E-state index contributed by atoms with van der Waals surface area (Å²) in [5.74, 6) is 1.98. The summed E-state index contributed by atoms with van der Waals surface area (Å²) >= 11 is 0. The van der Waals surface area contributed by atoms with Crippen molar-refractivity contribution < 1.29 is 19.0 Å². The van der Waals surface area contributed by atoms with Crippen LogP contribution in [0.1, 0.15) is 12.8 Å². The maximum absolute atomic E-state index is 11.8. The zero-order valence-electron chi connectivity index (χ0n) is 13.4. The van der Waals surface area contributed by atoms with Gasteiger partial charge in [0.05, 0.1) is 6.10 Å². The van der Waals surface area contributed by atoms with Crippen molar-refractivity contribution in [3.8, 4) is 17.2 Å². The fourth-order valence-corrected chi connectivity index (χ4v) is 2.46. The lowest BCUT2D eigenvalue weighted by atomic mass is 10.2. The molecule has 1 saturated heterocycles. The quantitative estimate of drug-likeness (QED) is 0.849. The molecule has 3 rings (SSSR count). The van der Waals surface area contributed by atoms with Gasteiger partial charge in [0.1, 0.15) is 17.2 Å². The minimum absolute atomic E-state index is 0.00832. The Bertz CT molecular complexity index is 636. The Morgan fingerprint density at radius 3 is 2.46 bits per heavy atom. The number of rotatable bonds is 7. The van der Waals surface area contributed by atoms with E-state index in [2.05, 4.69) is 5.32 Å². The monoisotopic (exact) mass is 327 g/mol. The van der Waals surface area contributed by atoms with Gasteiger partial charge in [-0.25, -0.2) is 0 Å². The van der Waals surface area contributed by atoms with Crippen molar-refractivity contribution in [2.75, 3.05) is 19.8 Å². The maximum atomic E-state index is 11.8. The summed E-state index contributed by atoms with van der Waals surface area (Å²) in [5, 5.41) is 2.83. The van der Waals surface area contributed by atoms with Gasteiger partial charge in [-0.2, -0.15) is 0 Å². The van der Waals surface area contributed by atoms with E-state index in [4.69, 9.17) is 14.2 Å². The van der Waals surface area contributed by atoms with Gasteiger partial charge < -0.3 is 19.5 Å². The van der Waals surface area contributed by atoms with E-state index in [1.165, 1.54) is 0 Å². The molecule has 0 saturated carbocycles. The summed E-state index contributed by atoms with van der Waals surface area (Å²) in [4.78, 5) is 11.8. The third kappa shape index (κ3) is 4.99. The molecule has 126 valence electrons. The van der Waals surface area contributed by atoms with Gasteiger partial charge in [0, 0.05) is 13.2 Å². The van der Waals surface area contributed by atoms with Gasteiger partial charge in [-0.05, 0) is 49.2 Å². The molecule has 0 aliphatic carbocycles. The number of carbonyl (C=O) groups excluding carboxylic acids is 1. The average Bonchev–Trinajstić information content (AvgIpc) is 3.14. The first-order valence-electron chi connectivity index (χ1n) is 8.14. The van der Waals surface area contributed by atoms with Crippen molar-refractivity contribution in [3.63, 3.8) is 0 Å². The fraction of sp³-hybridized carbons (Fsp3) is 0.316. The van der Waals surface area contributed by atoms with Crippen LogP contribution < -0.4 is 14.8 Å². The zero-order valence-corrected chi connectivity index (χ0v) is 13.4. The van der Waals surface area contributed by atoms with Crippen molar-refractivity contribution in [1.29, 1.82) is 0 Å². The Balaban J connectivity index is 1.41. The van der Waals surface area contributed by atoms with Crippen LogP contribution in [0, 0.1) is 0 Å². The first-order valence-corrected chi connectivity index (χ1v) is 8.14. The van der Waals surface area contributed by atoms with E-state index in [0.29, 0.717) is 12.3 Å². The maximum Gasteiger partial charge on any atom is 0.258 e. The Morgan fingerprint density at radius 2 is 1.75 bits per heavy atom. The third-order valence-corrected chi connectivity index (χ3v) is 3.72. The largest absolute Gasteiger partial charge is 0.484 e. The lowest BCUT2D eigenvalue weighted by Gasteiger charge is -2.11. The number of hydrogen-bond acceptors (Lipinski definition) is 4. The Labute approximate surface area is 141 Å². The van der Waals surface area contributed by atoms with Crippen LogP contribution in [-0.4, -0.2) is 31.8 Å². The first kappa shape index (κ1) is 16.3. The number of hydrogen-bond donors (Lipinski definition) is 1. The highest BCUT2D eigenvalue weighted by Gasteiger charge is 2.16. The van der Waals surface area contributed by atoms with Crippen LogP contribution in [0.3, 0.4) is 0 Å². The van der Waals surface area contributed by atoms with Gasteiger partial charge in [-0.1, -0.05) is 18.2 Å². The second kappa shape index (κ2) is 8.36. The highest BCUT2D eigenvalue weighted by molar-refractivity contribution is 5.77. The van der Waals surface area contributed by atoms with Crippen molar-refractivity contribution in [2.45, 2.75) is 18.9 Å². The molecule has 1 N–H and O–H groups in total. The molecule has 5 nitrogen and oxygen atoms in total. The van der Waals surface area contributed by atoms with Crippen LogP contribution in [-0.2, 0) is 9.53 Å². The lowest BCUT2D eigenvalue weighted by molar-refractivity contribution is -0.123. The molecule has 1 fully saturated rings. The second-order valence-corrected chi connectivity index (χ2v) is 5.61. The summed E-state index contributed by atoms with van der Waals surface area (Å²) in [6.45, 7) is 1.33. The van der Waals surface area contributed by atoms with Crippen molar-refractivity contribution in [3.05, 3.63) is 54.6 Å². The normalized spacial score (nSPS) is 16.6. The van der Waals surface area contributed by atoms with Gasteiger partial charge in [0.25, 0.3) is 5.91 Å². The molecular formula is C19H21NO4. The van der Waals surface area contributed by atoms with E-state index >= 15 is 0 Å². The molecule has 1 amide bonds. The van der Waals surface area contributed by atoms with Crippen LogP contribution in [0.2, 0.25) is 0 Å². The molecule has 1 atom stereocenters. The molecule has 0 radical (unpaired) electrons. The van der Waals surface area contributed by atoms with E-state index in [0.717, 1.165) is 30.9 Å². The summed E-state index contributed by atoms with van der Waals surface area (Å²) < 4.78 is 16.6. The number of nitrogens with one attached hydrogen (secondary N) is 1. The number of para-hydroxylation sites is 1. The SMILES string of the molecule is O=C(COc1ccc(Oc2ccccc2)cc1)NC[C@H]1CCCO1. The lowest BCUT2D eigenvalue weighted by Crippen LogP contribution is -2.35. The summed E-state index contributed by atoms with van der Waals surface area (Å²) in [6, 6.07) is 16.7. The molecular weight excluding hydrogens is 306 g/mol. The fourth-order valence-electron chi connectivity index (χ4n) is 2.46. The number of ether oxygens (including phenoxy) is 3. The Kier molecular flexibility index (Phi) is 5.69. The minimum Gasteiger partial charge on any atom is -0.484 e. The molecule has 5 heteroatoms. The minimum atomic E-state index is -0.143. The smallest absolute Gasteiger partial charge is 0.258 e. The highest BCUT2D eigenvalue weighted by Crippen LogP contribution is 2.23. The van der Waals surface area contributed by atoms with E-state index < -0.39 is 0 Å². The molecule has 24 heavy (non-hydrogen) atoms. The molecule has 0 aromatic heterocycles. The number of benzene rings is 2. The van der Waals surface area contributed by atoms with Crippen molar-refractivity contribution >= 4 is 5.91 Å². The second-order valence-electron chi connectivity index (χ2n) is 5.61. The average molecular weight is 327 g/mol. The van der Waals surface area contributed by atoms with Crippen molar-refractivity contribution in [2.24, 2.45) is 0 Å².